The van der Waals surface area contributed by atoms with E-state index < -0.39 is 0 Å². The average Bonchev–Trinajstić information content (AvgIpc) is 3.01. The first-order valence-electron chi connectivity index (χ1n) is 8.07. The van der Waals surface area contributed by atoms with Crippen molar-refractivity contribution in [2.45, 2.75) is 19.9 Å². The Morgan fingerprint density at radius 1 is 1.13 bits per heavy atom. The molecule has 1 fully saturated rings. The van der Waals surface area contributed by atoms with Crippen LogP contribution in [-0.2, 0) is 6.54 Å². The molecule has 2 aromatic rings. The van der Waals surface area contributed by atoms with Gasteiger partial charge >= 0.3 is 0 Å². The number of benzene rings is 1. The molecule has 1 aromatic carbocycles. The maximum absolute atomic E-state index is 13.3. The van der Waals surface area contributed by atoms with Gasteiger partial charge in [-0.2, -0.15) is 4.80 Å². The summed E-state index contributed by atoms with van der Waals surface area (Å²) in [6.45, 7) is 8.06. The molecule has 0 amide bonds. The molecule has 0 bridgehead atoms. The molecule has 3 rings (SSSR count). The fourth-order valence-corrected chi connectivity index (χ4v) is 2.74. The Hall–Kier alpha value is -1.86. The van der Waals surface area contributed by atoms with Crippen LogP contribution in [0.2, 0.25) is 0 Å². The van der Waals surface area contributed by atoms with Crippen LogP contribution in [0, 0.1) is 12.7 Å². The molecule has 124 valence electrons. The molecule has 0 aliphatic carbocycles. The van der Waals surface area contributed by atoms with Crippen LogP contribution in [0.4, 0.5) is 4.39 Å². The lowest BCUT2D eigenvalue weighted by molar-refractivity contribution is 0.150. The van der Waals surface area contributed by atoms with Crippen LogP contribution in [0.15, 0.2) is 18.2 Å². The van der Waals surface area contributed by atoms with E-state index in [2.05, 4.69) is 32.3 Å². The Balaban J connectivity index is 1.52. The predicted molar refractivity (Wildman–Crippen MR) is 86.5 cm³/mol. The molecule has 1 aromatic heterocycles. The Kier molecular flexibility index (Phi) is 4.97. The summed E-state index contributed by atoms with van der Waals surface area (Å²) in [6.07, 6.45) is 1.00. The van der Waals surface area contributed by atoms with Crippen molar-refractivity contribution in [1.29, 1.82) is 0 Å². The van der Waals surface area contributed by atoms with Gasteiger partial charge in [-0.1, -0.05) is 0 Å². The van der Waals surface area contributed by atoms with Crippen molar-refractivity contribution in [3.8, 4) is 11.4 Å². The van der Waals surface area contributed by atoms with Crippen LogP contribution >= 0.6 is 0 Å². The number of hydrogen-bond donors (Lipinski definition) is 0. The highest BCUT2D eigenvalue weighted by atomic mass is 19.1. The highest BCUT2D eigenvalue weighted by molar-refractivity contribution is 5.54. The van der Waals surface area contributed by atoms with E-state index in [-0.39, 0.29) is 5.82 Å². The summed E-state index contributed by atoms with van der Waals surface area (Å²) in [6, 6.07) is 4.88. The van der Waals surface area contributed by atoms with E-state index in [0.717, 1.165) is 51.3 Å². The predicted octanol–water partition coefficient (Wildman–Crippen LogP) is 1.43. The molecular weight excluding hydrogens is 295 g/mol. The Morgan fingerprint density at radius 2 is 1.91 bits per heavy atom. The molecule has 1 aliphatic heterocycles. The second-order valence-electron chi connectivity index (χ2n) is 6.17. The number of likely N-dealkylation sites (N-methyl/N-ethyl adjacent to an activating group) is 1. The van der Waals surface area contributed by atoms with Gasteiger partial charge in [-0.15, -0.1) is 10.2 Å². The first-order chi connectivity index (χ1) is 11.1. The second kappa shape index (κ2) is 7.14. The van der Waals surface area contributed by atoms with E-state index in [1.54, 1.807) is 23.9 Å². The second-order valence-corrected chi connectivity index (χ2v) is 6.17. The Bertz CT molecular complexity index is 648. The first-order valence-corrected chi connectivity index (χ1v) is 8.07. The summed E-state index contributed by atoms with van der Waals surface area (Å²) in [7, 11) is 2.16. The summed E-state index contributed by atoms with van der Waals surface area (Å²) in [4.78, 5) is 6.46. The summed E-state index contributed by atoms with van der Waals surface area (Å²) >= 11 is 0. The van der Waals surface area contributed by atoms with Gasteiger partial charge < -0.3 is 9.80 Å². The molecular formula is C16H23FN6. The molecule has 23 heavy (non-hydrogen) atoms. The Labute approximate surface area is 135 Å². The van der Waals surface area contributed by atoms with Crippen molar-refractivity contribution in [1.82, 2.24) is 30.0 Å². The summed E-state index contributed by atoms with van der Waals surface area (Å²) < 4.78 is 13.3. The fraction of sp³-hybridized carbons (Fsp3) is 0.562. The average molecular weight is 318 g/mol. The van der Waals surface area contributed by atoms with Crippen LogP contribution in [0.25, 0.3) is 11.4 Å². The lowest BCUT2D eigenvalue weighted by atomic mass is 10.1. The van der Waals surface area contributed by atoms with Crippen molar-refractivity contribution >= 4 is 0 Å². The molecule has 0 unspecified atom stereocenters. The van der Waals surface area contributed by atoms with Gasteiger partial charge in [0.25, 0.3) is 0 Å². The van der Waals surface area contributed by atoms with Gasteiger partial charge in [0.15, 0.2) is 0 Å². The molecule has 6 nitrogen and oxygen atoms in total. The van der Waals surface area contributed by atoms with Crippen LogP contribution in [0.5, 0.6) is 0 Å². The summed E-state index contributed by atoms with van der Waals surface area (Å²) in [5.41, 5.74) is 1.39. The van der Waals surface area contributed by atoms with E-state index >= 15 is 0 Å². The topological polar surface area (TPSA) is 50.1 Å². The monoisotopic (exact) mass is 318 g/mol. The van der Waals surface area contributed by atoms with Crippen LogP contribution < -0.4 is 0 Å². The number of tetrazole rings is 1. The fourth-order valence-electron chi connectivity index (χ4n) is 2.74. The molecule has 0 spiro atoms. The Morgan fingerprint density at radius 3 is 2.65 bits per heavy atom. The number of aryl methyl sites for hydroxylation is 2. The first kappa shape index (κ1) is 16.0. The maximum atomic E-state index is 13.3. The molecule has 2 heterocycles. The van der Waals surface area contributed by atoms with E-state index in [9.17, 15) is 4.39 Å². The van der Waals surface area contributed by atoms with Gasteiger partial charge in [0.2, 0.25) is 5.82 Å². The molecule has 0 atom stereocenters. The number of aromatic nitrogens is 4. The third kappa shape index (κ3) is 4.11. The minimum atomic E-state index is -0.215. The van der Waals surface area contributed by atoms with Crippen molar-refractivity contribution in [3.05, 3.63) is 29.6 Å². The van der Waals surface area contributed by atoms with Crippen molar-refractivity contribution in [2.24, 2.45) is 0 Å². The van der Waals surface area contributed by atoms with E-state index in [1.807, 2.05) is 0 Å². The summed E-state index contributed by atoms with van der Waals surface area (Å²) in [5.74, 6) is 0.334. The third-order valence-electron chi connectivity index (χ3n) is 4.30. The number of piperazine rings is 1. The highest BCUT2D eigenvalue weighted by Crippen LogP contribution is 2.17. The zero-order valence-electron chi connectivity index (χ0n) is 13.7. The molecule has 1 aliphatic rings. The number of halogens is 1. The quantitative estimate of drug-likeness (QED) is 0.835. The summed E-state index contributed by atoms with van der Waals surface area (Å²) in [5, 5.41) is 12.6. The van der Waals surface area contributed by atoms with Gasteiger partial charge in [-0.05, 0) is 49.4 Å². The van der Waals surface area contributed by atoms with Crippen molar-refractivity contribution in [3.63, 3.8) is 0 Å². The van der Waals surface area contributed by atoms with E-state index in [4.69, 9.17) is 0 Å². The lowest BCUT2D eigenvalue weighted by Crippen LogP contribution is -2.44. The van der Waals surface area contributed by atoms with Crippen LogP contribution in [-0.4, -0.2) is 69.8 Å². The zero-order valence-corrected chi connectivity index (χ0v) is 13.7. The van der Waals surface area contributed by atoms with Crippen molar-refractivity contribution in [2.75, 3.05) is 39.8 Å². The minimum Gasteiger partial charge on any atom is -0.304 e. The smallest absolute Gasteiger partial charge is 0.204 e. The third-order valence-corrected chi connectivity index (χ3v) is 4.30. The van der Waals surface area contributed by atoms with Gasteiger partial charge in [-0.25, -0.2) is 4.39 Å². The molecule has 0 N–H and O–H groups in total. The van der Waals surface area contributed by atoms with Gasteiger partial charge in [0, 0.05) is 38.3 Å². The largest absolute Gasteiger partial charge is 0.304 e. The van der Waals surface area contributed by atoms with Gasteiger partial charge in [-0.3, -0.25) is 0 Å². The van der Waals surface area contributed by atoms with Crippen LogP contribution in [0.3, 0.4) is 0 Å². The molecule has 0 radical (unpaired) electrons. The van der Waals surface area contributed by atoms with Crippen LogP contribution in [0.1, 0.15) is 12.0 Å². The maximum Gasteiger partial charge on any atom is 0.204 e. The molecule has 1 saturated heterocycles. The van der Waals surface area contributed by atoms with Gasteiger partial charge in [0.05, 0.1) is 6.54 Å². The number of hydrogen-bond acceptors (Lipinski definition) is 5. The number of nitrogens with zero attached hydrogens (tertiary/aromatic N) is 6. The lowest BCUT2D eigenvalue weighted by Gasteiger charge is -2.32. The number of rotatable bonds is 5. The molecule has 0 saturated carbocycles. The van der Waals surface area contributed by atoms with Gasteiger partial charge in [0.1, 0.15) is 5.82 Å². The normalized spacial score (nSPS) is 16.8. The standard InChI is InChI=1S/C16H23FN6/c1-13-12-14(4-5-15(13)17)16-18-20-23(19-16)7-3-6-22-10-8-21(2)9-11-22/h4-5,12H,3,6-11H2,1-2H3. The van der Waals surface area contributed by atoms with E-state index in [1.165, 1.54) is 6.07 Å². The van der Waals surface area contributed by atoms with Crippen molar-refractivity contribution < 1.29 is 4.39 Å². The zero-order chi connectivity index (χ0) is 16.2. The minimum absolute atomic E-state index is 0.215. The SMILES string of the molecule is Cc1cc(-c2nnn(CCCN3CCN(C)CC3)n2)ccc1F. The van der Waals surface area contributed by atoms with E-state index in [0.29, 0.717) is 11.4 Å². The highest BCUT2D eigenvalue weighted by Gasteiger charge is 2.13. The molecule has 7 heteroatoms.